The number of fused-ring (bicyclic) bond motifs is 3. The summed E-state index contributed by atoms with van der Waals surface area (Å²) in [6.07, 6.45) is 0.615. The molecule has 0 atom stereocenters. The molecule has 7 nitrogen and oxygen atoms in total. The van der Waals surface area contributed by atoms with Crippen molar-refractivity contribution in [1.82, 2.24) is 5.32 Å². The van der Waals surface area contributed by atoms with E-state index in [1.54, 1.807) is 24.3 Å². The van der Waals surface area contributed by atoms with E-state index < -0.39 is 10.0 Å². The summed E-state index contributed by atoms with van der Waals surface area (Å²) in [5, 5.41) is 4.49. The van der Waals surface area contributed by atoms with Gasteiger partial charge >= 0.3 is 0 Å². The average Bonchev–Trinajstić information content (AvgIpc) is 3.10. The van der Waals surface area contributed by atoms with E-state index in [1.165, 1.54) is 26.2 Å². The molecule has 8 heteroatoms. The van der Waals surface area contributed by atoms with Crippen molar-refractivity contribution in [2.24, 2.45) is 0 Å². The number of nitrogens with one attached hydrogen (secondary N) is 2. The lowest BCUT2D eigenvalue weighted by Crippen LogP contribution is -2.22. The van der Waals surface area contributed by atoms with E-state index >= 15 is 0 Å². The van der Waals surface area contributed by atoms with Crippen LogP contribution in [0.4, 0.5) is 5.69 Å². The van der Waals surface area contributed by atoms with Crippen molar-refractivity contribution >= 4 is 43.6 Å². The summed E-state index contributed by atoms with van der Waals surface area (Å²) in [6.45, 7) is 1.95. The Labute approximate surface area is 180 Å². The molecular weight excluding hydrogens is 416 g/mol. The number of hydrogen-bond donors (Lipinski definition) is 2. The first-order valence-electron chi connectivity index (χ1n) is 9.73. The Kier molecular flexibility index (Phi) is 5.56. The third-order valence-corrected chi connectivity index (χ3v) is 6.35. The van der Waals surface area contributed by atoms with Crippen LogP contribution < -0.4 is 14.8 Å². The molecule has 0 aliphatic rings. The Bertz CT molecular complexity index is 1360. The second-order valence-corrected chi connectivity index (χ2v) is 8.81. The molecule has 2 N–H and O–H groups in total. The van der Waals surface area contributed by atoms with E-state index in [1.807, 2.05) is 24.3 Å². The number of benzene rings is 3. The first-order chi connectivity index (χ1) is 14.9. The summed E-state index contributed by atoms with van der Waals surface area (Å²) in [5.41, 5.74) is 2.50. The third kappa shape index (κ3) is 4.34. The molecule has 0 radical (unpaired) electrons. The summed E-state index contributed by atoms with van der Waals surface area (Å²) in [6, 6.07) is 17.5. The van der Waals surface area contributed by atoms with Crippen LogP contribution in [-0.4, -0.2) is 28.0 Å². The minimum atomic E-state index is -3.84. The van der Waals surface area contributed by atoms with Crippen LogP contribution in [0, 0.1) is 0 Å². The Morgan fingerprint density at radius 3 is 2.45 bits per heavy atom. The molecule has 0 saturated carbocycles. The van der Waals surface area contributed by atoms with Crippen molar-refractivity contribution in [3.8, 4) is 5.75 Å². The van der Waals surface area contributed by atoms with Crippen molar-refractivity contribution in [3.05, 3.63) is 66.2 Å². The summed E-state index contributed by atoms with van der Waals surface area (Å²) < 4.78 is 39.8. The van der Waals surface area contributed by atoms with Crippen LogP contribution in [0.25, 0.3) is 21.9 Å². The maximum absolute atomic E-state index is 12.9. The van der Waals surface area contributed by atoms with Gasteiger partial charge in [-0.25, -0.2) is 8.42 Å². The smallest absolute Gasteiger partial charge is 0.262 e. The molecule has 1 amide bonds. The predicted octanol–water partition coefficient (Wildman–Crippen LogP) is 4.07. The van der Waals surface area contributed by atoms with Crippen molar-refractivity contribution in [1.29, 1.82) is 0 Å². The zero-order valence-corrected chi connectivity index (χ0v) is 18.0. The molecular formula is C23H22N2O5S. The number of methoxy groups -OCH3 is 1. The number of ether oxygens (including phenoxy) is 1. The average molecular weight is 439 g/mol. The molecule has 0 aliphatic carbocycles. The van der Waals surface area contributed by atoms with Crippen LogP contribution in [0.1, 0.15) is 12.5 Å². The normalized spacial score (nSPS) is 11.5. The van der Waals surface area contributed by atoms with Gasteiger partial charge in [0, 0.05) is 30.3 Å². The molecule has 0 saturated heterocycles. The number of hydrogen-bond acceptors (Lipinski definition) is 5. The topological polar surface area (TPSA) is 97.6 Å². The predicted molar refractivity (Wildman–Crippen MR) is 120 cm³/mol. The summed E-state index contributed by atoms with van der Waals surface area (Å²) in [4.78, 5) is 11.1. The minimum absolute atomic E-state index is 0.0984. The maximum atomic E-state index is 12.9. The van der Waals surface area contributed by atoms with E-state index in [0.29, 0.717) is 30.0 Å². The van der Waals surface area contributed by atoms with Gasteiger partial charge in [-0.15, -0.1) is 0 Å². The van der Waals surface area contributed by atoms with Crippen LogP contribution in [0.2, 0.25) is 0 Å². The van der Waals surface area contributed by atoms with Gasteiger partial charge in [0.25, 0.3) is 10.0 Å². The van der Waals surface area contributed by atoms with Crippen LogP contribution >= 0.6 is 0 Å². The second-order valence-electron chi connectivity index (χ2n) is 7.13. The molecule has 0 bridgehead atoms. The number of anilines is 1. The summed E-state index contributed by atoms with van der Waals surface area (Å²) in [5.74, 6) is 0.299. The first-order valence-corrected chi connectivity index (χ1v) is 11.2. The molecule has 0 fully saturated rings. The van der Waals surface area contributed by atoms with Gasteiger partial charge in [0.2, 0.25) is 5.91 Å². The maximum Gasteiger partial charge on any atom is 0.262 e. The lowest BCUT2D eigenvalue weighted by molar-refractivity contribution is -0.118. The lowest BCUT2D eigenvalue weighted by Gasteiger charge is -2.12. The quantitative estimate of drug-likeness (QED) is 0.453. The molecule has 4 rings (SSSR count). The van der Waals surface area contributed by atoms with Gasteiger partial charge in [0.15, 0.2) is 0 Å². The van der Waals surface area contributed by atoms with E-state index in [0.717, 1.165) is 21.9 Å². The number of furan rings is 1. The van der Waals surface area contributed by atoms with Gasteiger partial charge in [0.1, 0.15) is 16.9 Å². The van der Waals surface area contributed by atoms with Crippen LogP contribution in [0.5, 0.6) is 5.75 Å². The molecule has 0 aliphatic heterocycles. The number of para-hydroxylation sites is 1. The Hall–Kier alpha value is -3.52. The van der Waals surface area contributed by atoms with Crippen LogP contribution in [0.15, 0.2) is 70.0 Å². The fourth-order valence-corrected chi connectivity index (χ4v) is 4.48. The molecule has 3 aromatic carbocycles. The fourth-order valence-electron chi connectivity index (χ4n) is 3.42. The Morgan fingerprint density at radius 1 is 1.00 bits per heavy atom. The highest BCUT2D eigenvalue weighted by atomic mass is 32.2. The van der Waals surface area contributed by atoms with Crippen molar-refractivity contribution in [2.75, 3.05) is 18.4 Å². The number of carbonyl (C=O) groups excluding carboxylic acids is 1. The van der Waals surface area contributed by atoms with Gasteiger partial charge in [-0.1, -0.05) is 30.3 Å². The molecule has 0 unspecified atom stereocenters. The fraction of sp³-hybridized carbons (Fsp3) is 0.174. The van der Waals surface area contributed by atoms with Crippen molar-refractivity contribution < 1.29 is 22.4 Å². The van der Waals surface area contributed by atoms with Gasteiger partial charge in [-0.2, -0.15) is 0 Å². The minimum Gasteiger partial charge on any atom is -0.495 e. The number of carbonyl (C=O) groups is 1. The molecule has 1 aromatic heterocycles. The second kappa shape index (κ2) is 8.31. The highest BCUT2D eigenvalue weighted by Gasteiger charge is 2.19. The third-order valence-electron chi connectivity index (χ3n) is 4.96. The zero-order valence-electron chi connectivity index (χ0n) is 17.1. The van der Waals surface area contributed by atoms with Crippen molar-refractivity contribution in [2.45, 2.75) is 18.2 Å². The molecule has 31 heavy (non-hydrogen) atoms. The van der Waals surface area contributed by atoms with Gasteiger partial charge < -0.3 is 14.5 Å². The van der Waals surface area contributed by atoms with Gasteiger partial charge in [-0.3, -0.25) is 9.52 Å². The van der Waals surface area contributed by atoms with Gasteiger partial charge in [-0.05, 0) is 36.2 Å². The SMILES string of the molecule is COc1cc2c(cc1NS(=O)(=O)c1ccc(CCNC(C)=O)cc1)oc1ccccc12. The largest absolute Gasteiger partial charge is 0.495 e. The number of rotatable bonds is 7. The number of amides is 1. The number of sulfonamides is 1. The molecule has 1 heterocycles. The van der Waals surface area contributed by atoms with E-state index in [-0.39, 0.29) is 10.8 Å². The highest BCUT2D eigenvalue weighted by molar-refractivity contribution is 7.92. The highest BCUT2D eigenvalue weighted by Crippen LogP contribution is 2.37. The van der Waals surface area contributed by atoms with Crippen LogP contribution in [-0.2, 0) is 21.2 Å². The van der Waals surface area contributed by atoms with E-state index in [4.69, 9.17) is 9.15 Å². The van der Waals surface area contributed by atoms with Crippen molar-refractivity contribution in [3.63, 3.8) is 0 Å². The van der Waals surface area contributed by atoms with Gasteiger partial charge in [0.05, 0.1) is 17.7 Å². The molecule has 4 aromatic rings. The zero-order chi connectivity index (χ0) is 22.0. The lowest BCUT2D eigenvalue weighted by atomic mass is 10.1. The summed E-state index contributed by atoms with van der Waals surface area (Å²) >= 11 is 0. The van der Waals surface area contributed by atoms with Crippen LogP contribution in [0.3, 0.4) is 0 Å². The monoisotopic (exact) mass is 438 g/mol. The van der Waals surface area contributed by atoms with E-state index in [2.05, 4.69) is 10.0 Å². The molecule has 160 valence electrons. The first kappa shape index (κ1) is 20.7. The standard InChI is InChI=1S/C23H22N2O5S/c1-15(26)24-12-11-16-7-9-17(10-8-16)31(27,28)25-20-14-22-19(13-23(20)29-2)18-5-3-4-6-21(18)30-22/h3-10,13-14,25H,11-12H2,1-2H3,(H,24,26). The summed E-state index contributed by atoms with van der Waals surface area (Å²) in [7, 11) is -2.35. The Morgan fingerprint density at radius 2 is 1.74 bits per heavy atom. The Balaban J connectivity index is 1.61. The molecule has 0 spiro atoms. The van der Waals surface area contributed by atoms with E-state index in [9.17, 15) is 13.2 Å².